The monoisotopic (exact) mass is 219 g/mol. The van der Waals surface area contributed by atoms with E-state index < -0.39 is 0 Å². The highest BCUT2D eigenvalue weighted by molar-refractivity contribution is 5.84. The Kier molecular flexibility index (Phi) is 3.13. The standard InChI is InChI=1S/C13H17NO2/c1-14(2)11-4-3-5-12(8-11)16-9-13(15)10-6-7-10/h3-5,8,10H,6-7,9H2,1-2H3. The van der Waals surface area contributed by atoms with Gasteiger partial charge < -0.3 is 9.64 Å². The molecular weight excluding hydrogens is 202 g/mol. The van der Waals surface area contributed by atoms with Crippen molar-refractivity contribution in [2.24, 2.45) is 5.92 Å². The Bertz CT molecular complexity index is 383. The third kappa shape index (κ3) is 2.75. The van der Waals surface area contributed by atoms with Crippen LogP contribution in [0.2, 0.25) is 0 Å². The van der Waals surface area contributed by atoms with Gasteiger partial charge in [0.05, 0.1) is 0 Å². The molecular formula is C13H17NO2. The lowest BCUT2D eigenvalue weighted by Gasteiger charge is -2.13. The van der Waals surface area contributed by atoms with Crippen molar-refractivity contribution < 1.29 is 9.53 Å². The molecule has 0 amide bonds. The SMILES string of the molecule is CN(C)c1cccc(OCC(=O)C2CC2)c1. The molecule has 1 aromatic rings. The number of benzene rings is 1. The van der Waals surface area contributed by atoms with E-state index in [0.29, 0.717) is 0 Å². The Hall–Kier alpha value is -1.51. The van der Waals surface area contributed by atoms with Crippen molar-refractivity contribution in [1.29, 1.82) is 0 Å². The van der Waals surface area contributed by atoms with E-state index in [0.717, 1.165) is 24.3 Å². The largest absolute Gasteiger partial charge is 0.486 e. The third-order valence-electron chi connectivity index (χ3n) is 2.75. The van der Waals surface area contributed by atoms with Crippen molar-refractivity contribution in [3.63, 3.8) is 0 Å². The molecule has 0 saturated heterocycles. The van der Waals surface area contributed by atoms with E-state index in [1.165, 1.54) is 0 Å². The van der Waals surface area contributed by atoms with Gasteiger partial charge in [-0.05, 0) is 25.0 Å². The number of carbonyl (C=O) groups excluding carboxylic acids is 1. The molecule has 0 aliphatic heterocycles. The predicted octanol–water partition coefficient (Wildman–Crippen LogP) is 2.11. The van der Waals surface area contributed by atoms with Crippen molar-refractivity contribution >= 4 is 11.5 Å². The van der Waals surface area contributed by atoms with Crippen LogP contribution in [0.1, 0.15) is 12.8 Å². The Labute approximate surface area is 96.0 Å². The molecule has 1 fully saturated rings. The maximum atomic E-state index is 11.5. The van der Waals surface area contributed by atoms with E-state index in [1.54, 1.807) is 0 Å². The highest BCUT2D eigenvalue weighted by Gasteiger charge is 2.29. The van der Waals surface area contributed by atoms with E-state index in [2.05, 4.69) is 0 Å². The summed E-state index contributed by atoms with van der Waals surface area (Å²) >= 11 is 0. The Morgan fingerprint density at radius 1 is 1.44 bits per heavy atom. The second kappa shape index (κ2) is 4.56. The average Bonchev–Trinajstić information content (AvgIpc) is 3.10. The maximum absolute atomic E-state index is 11.5. The summed E-state index contributed by atoms with van der Waals surface area (Å²) in [6, 6.07) is 7.77. The molecule has 0 spiro atoms. The minimum absolute atomic E-state index is 0.210. The van der Waals surface area contributed by atoms with E-state index in [-0.39, 0.29) is 18.3 Å². The molecule has 0 N–H and O–H groups in total. The second-order valence-corrected chi connectivity index (χ2v) is 4.42. The zero-order chi connectivity index (χ0) is 11.5. The van der Waals surface area contributed by atoms with Crippen LogP contribution in [0.3, 0.4) is 0 Å². The summed E-state index contributed by atoms with van der Waals surface area (Å²) in [7, 11) is 3.96. The van der Waals surface area contributed by atoms with E-state index in [4.69, 9.17) is 4.74 Å². The highest BCUT2D eigenvalue weighted by Crippen LogP contribution is 2.30. The third-order valence-corrected chi connectivity index (χ3v) is 2.75. The fourth-order valence-corrected chi connectivity index (χ4v) is 1.53. The lowest BCUT2D eigenvalue weighted by Crippen LogP contribution is -2.13. The Morgan fingerprint density at radius 3 is 2.81 bits per heavy atom. The summed E-state index contributed by atoms with van der Waals surface area (Å²) in [4.78, 5) is 13.5. The first-order chi connectivity index (χ1) is 7.66. The normalized spacial score (nSPS) is 14.6. The highest BCUT2D eigenvalue weighted by atomic mass is 16.5. The van der Waals surface area contributed by atoms with Gasteiger partial charge in [0, 0.05) is 31.8 Å². The lowest BCUT2D eigenvalue weighted by molar-refractivity contribution is -0.122. The van der Waals surface area contributed by atoms with Crippen LogP contribution in [0.4, 0.5) is 5.69 Å². The zero-order valence-corrected chi connectivity index (χ0v) is 9.77. The van der Waals surface area contributed by atoms with Crippen molar-refractivity contribution in [3.05, 3.63) is 24.3 Å². The molecule has 0 atom stereocenters. The minimum Gasteiger partial charge on any atom is -0.486 e. The first kappa shape index (κ1) is 11.0. The minimum atomic E-state index is 0.210. The molecule has 86 valence electrons. The van der Waals surface area contributed by atoms with E-state index >= 15 is 0 Å². The van der Waals surface area contributed by atoms with Gasteiger partial charge in [-0.15, -0.1) is 0 Å². The van der Waals surface area contributed by atoms with Gasteiger partial charge in [-0.1, -0.05) is 6.07 Å². The summed E-state index contributed by atoms with van der Waals surface area (Å²) in [6.45, 7) is 0.210. The fraction of sp³-hybridized carbons (Fsp3) is 0.462. The first-order valence-corrected chi connectivity index (χ1v) is 5.60. The number of anilines is 1. The van der Waals surface area contributed by atoms with Crippen LogP contribution < -0.4 is 9.64 Å². The number of hydrogen-bond donors (Lipinski definition) is 0. The van der Waals surface area contributed by atoms with Crippen LogP contribution in [0.5, 0.6) is 5.75 Å². The number of carbonyl (C=O) groups is 1. The van der Waals surface area contributed by atoms with E-state index in [9.17, 15) is 4.79 Å². The molecule has 1 aliphatic rings. The van der Waals surface area contributed by atoms with Gasteiger partial charge in [0.2, 0.25) is 0 Å². The quantitative estimate of drug-likeness (QED) is 0.759. The summed E-state index contributed by atoms with van der Waals surface area (Å²) in [5, 5.41) is 0. The van der Waals surface area contributed by atoms with E-state index in [1.807, 2.05) is 43.3 Å². The topological polar surface area (TPSA) is 29.5 Å². The van der Waals surface area contributed by atoms with Crippen LogP contribution in [-0.2, 0) is 4.79 Å². The lowest BCUT2D eigenvalue weighted by atomic mass is 10.2. The molecule has 2 rings (SSSR count). The van der Waals surface area contributed by atoms with Gasteiger partial charge in [0.15, 0.2) is 5.78 Å². The molecule has 16 heavy (non-hydrogen) atoms. The first-order valence-electron chi connectivity index (χ1n) is 5.60. The predicted molar refractivity (Wildman–Crippen MR) is 64.0 cm³/mol. The molecule has 0 radical (unpaired) electrons. The second-order valence-electron chi connectivity index (χ2n) is 4.42. The van der Waals surface area contributed by atoms with Gasteiger partial charge >= 0.3 is 0 Å². The molecule has 1 saturated carbocycles. The Morgan fingerprint density at radius 2 is 2.19 bits per heavy atom. The van der Waals surface area contributed by atoms with Gasteiger partial charge in [-0.2, -0.15) is 0 Å². The molecule has 0 unspecified atom stereocenters. The smallest absolute Gasteiger partial charge is 0.173 e. The number of ether oxygens (including phenoxy) is 1. The summed E-state index contributed by atoms with van der Waals surface area (Å²) in [6.07, 6.45) is 2.08. The summed E-state index contributed by atoms with van der Waals surface area (Å²) in [5.74, 6) is 1.27. The zero-order valence-electron chi connectivity index (χ0n) is 9.77. The summed E-state index contributed by atoms with van der Waals surface area (Å²) < 4.78 is 5.48. The van der Waals surface area contributed by atoms with Crippen molar-refractivity contribution in [2.75, 3.05) is 25.6 Å². The van der Waals surface area contributed by atoms with Crippen LogP contribution >= 0.6 is 0 Å². The molecule has 0 heterocycles. The number of hydrogen-bond acceptors (Lipinski definition) is 3. The molecule has 1 aromatic carbocycles. The number of nitrogens with zero attached hydrogens (tertiary/aromatic N) is 1. The molecule has 0 aromatic heterocycles. The van der Waals surface area contributed by atoms with Gasteiger partial charge in [-0.25, -0.2) is 0 Å². The van der Waals surface area contributed by atoms with Crippen molar-refractivity contribution in [1.82, 2.24) is 0 Å². The average molecular weight is 219 g/mol. The molecule has 0 bridgehead atoms. The Balaban J connectivity index is 1.92. The molecule has 3 nitrogen and oxygen atoms in total. The number of ketones is 1. The van der Waals surface area contributed by atoms with Gasteiger partial charge in [0.1, 0.15) is 12.4 Å². The molecule has 1 aliphatic carbocycles. The van der Waals surface area contributed by atoms with Crippen LogP contribution in [0.15, 0.2) is 24.3 Å². The van der Waals surface area contributed by atoms with Gasteiger partial charge in [-0.3, -0.25) is 4.79 Å². The molecule has 3 heteroatoms. The fourth-order valence-electron chi connectivity index (χ4n) is 1.53. The van der Waals surface area contributed by atoms with Crippen molar-refractivity contribution in [3.8, 4) is 5.75 Å². The van der Waals surface area contributed by atoms with Gasteiger partial charge in [0.25, 0.3) is 0 Å². The van der Waals surface area contributed by atoms with Crippen LogP contribution in [0.25, 0.3) is 0 Å². The van der Waals surface area contributed by atoms with Crippen LogP contribution in [-0.4, -0.2) is 26.5 Å². The maximum Gasteiger partial charge on any atom is 0.173 e. The number of rotatable bonds is 5. The van der Waals surface area contributed by atoms with Crippen LogP contribution in [0, 0.1) is 5.92 Å². The summed E-state index contributed by atoms with van der Waals surface area (Å²) in [5.41, 5.74) is 1.08. The van der Waals surface area contributed by atoms with Crippen molar-refractivity contribution in [2.45, 2.75) is 12.8 Å². The number of Topliss-reactive ketones (excluding diaryl/α,β-unsaturated/α-hetero) is 1.